The third-order valence-corrected chi connectivity index (χ3v) is 12.9. The molecule has 2 aromatic rings. The molecule has 0 heterocycles. The first-order valence-electron chi connectivity index (χ1n) is 23.5. The smallest absolute Gasteiger partial charge is 0.205 e. The van der Waals surface area contributed by atoms with Crippen LogP contribution in [0.25, 0.3) is 0 Å². The lowest BCUT2D eigenvalue weighted by Crippen LogP contribution is -2.34. The highest BCUT2D eigenvalue weighted by Crippen LogP contribution is 2.30. The van der Waals surface area contributed by atoms with Crippen LogP contribution in [0.3, 0.4) is 0 Å². The lowest BCUT2D eigenvalue weighted by molar-refractivity contribution is -0.541. The van der Waals surface area contributed by atoms with Gasteiger partial charge in [0.1, 0.15) is 20.1 Å². The highest BCUT2D eigenvalue weighted by atomic mass is 15.1. The molecule has 0 radical (unpaired) electrons. The highest BCUT2D eigenvalue weighted by Gasteiger charge is 2.24. The van der Waals surface area contributed by atoms with Crippen molar-refractivity contribution in [1.29, 1.82) is 0 Å². The van der Waals surface area contributed by atoms with Gasteiger partial charge >= 0.3 is 0 Å². The summed E-state index contributed by atoms with van der Waals surface area (Å²) in [7, 11) is 4.39. The van der Waals surface area contributed by atoms with Gasteiger partial charge in [-0.3, -0.25) is 0 Å². The molecule has 4 atom stereocenters. The van der Waals surface area contributed by atoms with Gasteiger partial charge in [-0.2, -0.15) is 4.58 Å². The third-order valence-electron chi connectivity index (χ3n) is 12.9. The van der Waals surface area contributed by atoms with Gasteiger partial charge in [0.25, 0.3) is 0 Å². The fourth-order valence-electron chi connectivity index (χ4n) is 8.46. The van der Waals surface area contributed by atoms with Crippen molar-refractivity contribution in [2.45, 2.75) is 158 Å². The first kappa shape index (κ1) is 47.2. The molecule has 0 saturated heterocycles. The van der Waals surface area contributed by atoms with E-state index >= 15 is 0 Å². The zero-order valence-corrected chi connectivity index (χ0v) is 38.2. The summed E-state index contributed by atoms with van der Waals surface area (Å²) in [6.07, 6.45) is 30.3. The molecule has 4 heteroatoms. The second-order valence-corrected chi connectivity index (χ2v) is 17.1. The summed E-state index contributed by atoms with van der Waals surface area (Å²) in [5, 5.41) is 0. The summed E-state index contributed by atoms with van der Waals surface area (Å²) in [5.74, 6) is 3.03. The molecule has 4 unspecified atom stereocenters. The van der Waals surface area contributed by atoms with Crippen LogP contribution in [-0.2, 0) is 0 Å². The Labute approximate surface area is 346 Å². The summed E-state index contributed by atoms with van der Waals surface area (Å²) in [6.45, 7) is 23.5. The number of benzene rings is 2. The maximum Gasteiger partial charge on any atom is 0.205 e. The van der Waals surface area contributed by atoms with Gasteiger partial charge in [-0.15, -0.1) is 0 Å². The van der Waals surface area contributed by atoms with Crippen molar-refractivity contribution in [3.63, 3.8) is 0 Å². The van der Waals surface area contributed by atoms with E-state index in [4.69, 9.17) is 0 Å². The van der Waals surface area contributed by atoms with Gasteiger partial charge in [-0.1, -0.05) is 120 Å². The molecule has 0 aromatic heterocycles. The molecule has 0 saturated carbocycles. The number of anilines is 3. The molecule has 0 spiro atoms. The molecular formula is C52H86N4+2. The number of hydrogen-bond donors (Lipinski definition) is 0. The van der Waals surface area contributed by atoms with Crippen LogP contribution < -0.4 is 9.80 Å². The van der Waals surface area contributed by atoms with E-state index in [1.54, 1.807) is 0 Å². The average Bonchev–Trinajstić information content (AvgIpc) is 3.25. The minimum atomic E-state index is 0.757. The third kappa shape index (κ3) is 15.3. The second kappa shape index (κ2) is 26.7. The minimum Gasteiger partial charge on any atom is -0.371 e. The number of unbranched alkanes of at least 4 members (excludes halogenated alkanes) is 4. The molecule has 312 valence electrons. The van der Waals surface area contributed by atoms with Gasteiger partial charge in [0, 0.05) is 85.5 Å². The Balaban J connectivity index is 1.79. The lowest BCUT2D eigenvalue weighted by atomic mass is 9.95. The monoisotopic (exact) mass is 767 g/mol. The summed E-state index contributed by atoms with van der Waals surface area (Å²) < 4.78 is 5.04. The van der Waals surface area contributed by atoms with Crippen LogP contribution in [0.1, 0.15) is 158 Å². The van der Waals surface area contributed by atoms with E-state index in [1.165, 1.54) is 163 Å². The molecule has 1 aliphatic rings. The van der Waals surface area contributed by atoms with Gasteiger partial charge in [0.15, 0.2) is 5.71 Å². The zero-order chi connectivity index (χ0) is 40.7. The number of rotatable bonds is 28. The SMILES string of the molecule is CCCCC(CC)CN(CC(CC)CCCC)c1ccc(N(C)c2ccc([N+](C)=C3C=CC(=[N+](CC(CC)CCCC)CC(CC)CCCC)C=C3)cc2)cc1. The Morgan fingerprint density at radius 2 is 0.821 bits per heavy atom. The maximum absolute atomic E-state index is 2.72. The molecule has 2 aromatic carbocycles. The van der Waals surface area contributed by atoms with E-state index in [0.717, 1.165) is 23.7 Å². The Morgan fingerprint density at radius 3 is 1.21 bits per heavy atom. The van der Waals surface area contributed by atoms with Gasteiger partial charge in [0.2, 0.25) is 11.4 Å². The standard InChI is InChI=1S/C52H86N4/c1-11-19-23-43(15-5)39-55(40-44(16-6)24-20-12-2)51-35-31-49(32-36-51)53(9)47-27-29-48(30-28-47)54(10)50-33-37-52(38-34-50)56(41-45(17-7)25-21-13-3)42-46(18-8)26-22-14-4/h27-38,43-46H,11-26,39-42H2,1-10H3/q+2. The topological polar surface area (TPSA) is 12.5 Å². The van der Waals surface area contributed by atoms with Crippen LogP contribution in [0.4, 0.5) is 22.7 Å². The van der Waals surface area contributed by atoms with Crippen molar-refractivity contribution in [2.75, 3.05) is 50.1 Å². The van der Waals surface area contributed by atoms with Crippen LogP contribution in [0.15, 0.2) is 72.8 Å². The average molecular weight is 767 g/mol. The number of allylic oxidation sites excluding steroid dienone is 4. The minimum absolute atomic E-state index is 0.757. The fourth-order valence-corrected chi connectivity index (χ4v) is 8.46. The van der Waals surface area contributed by atoms with Crippen molar-refractivity contribution in [3.05, 3.63) is 72.8 Å². The molecule has 3 rings (SSSR count). The normalized spacial score (nSPS) is 14.8. The number of hydrogen-bond acceptors (Lipinski definition) is 2. The predicted octanol–water partition coefficient (Wildman–Crippen LogP) is 14.4. The molecule has 0 fully saturated rings. The summed E-state index contributed by atoms with van der Waals surface area (Å²) in [5.41, 5.74) is 7.62. The van der Waals surface area contributed by atoms with Crippen molar-refractivity contribution in [2.24, 2.45) is 23.7 Å². The molecule has 0 N–H and O–H groups in total. The van der Waals surface area contributed by atoms with Crippen LogP contribution in [-0.4, -0.2) is 60.8 Å². The highest BCUT2D eigenvalue weighted by molar-refractivity contribution is 6.15. The summed E-state index contributed by atoms with van der Waals surface area (Å²) >= 11 is 0. The quantitative estimate of drug-likeness (QED) is 0.0632. The first-order chi connectivity index (χ1) is 27.2. The van der Waals surface area contributed by atoms with Crippen LogP contribution in [0, 0.1) is 23.7 Å². The molecule has 1 aliphatic carbocycles. The maximum atomic E-state index is 2.72. The van der Waals surface area contributed by atoms with Crippen molar-refractivity contribution in [1.82, 2.24) is 0 Å². The van der Waals surface area contributed by atoms with E-state index in [1.807, 2.05) is 0 Å². The Hall–Kier alpha value is -3.14. The van der Waals surface area contributed by atoms with Gasteiger partial charge in [-0.25, -0.2) is 4.58 Å². The summed E-state index contributed by atoms with van der Waals surface area (Å²) in [6, 6.07) is 18.5. The van der Waals surface area contributed by atoms with Crippen molar-refractivity contribution in [3.8, 4) is 0 Å². The fraction of sp³-hybridized carbons (Fsp3) is 0.654. The van der Waals surface area contributed by atoms with E-state index < -0.39 is 0 Å². The van der Waals surface area contributed by atoms with E-state index in [9.17, 15) is 0 Å². The zero-order valence-electron chi connectivity index (χ0n) is 38.2. The molecule has 0 aliphatic heterocycles. The molecule has 0 bridgehead atoms. The molecule has 56 heavy (non-hydrogen) atoms. The largest absolute Gasteiger partial charge is 0.371 e. The first-order valence-corrected chi connectivity index (χ1v) is 23.5. The van der Waals surface area contributed by atoms with Gasteiger partial charge in [-0.05, 0) is 86.8 Å². The molecular weight excluding hydrogens is 681 g/mol. The van der Waals surface area contributed by atoms with Gasteiger partial charge in [0.05, 0.1) is 0 Å². The Morgan fingerprint density at radius 1 is 0.464 bits per heavy atom. The number of nitrogens with zero attached hydrogens (tertiary/aromatic N) is 4. The Bertz CT molecular complexity index is 1420. The van der Waals surface area contributed by atoms with Crippen molar-refractivity contribution >= 4 is 34.2 Å². The van der Waals surface area contributed by atoms with E-state index in [0.29, 0.717) is 0 Å². The summed E-state index contributed by atoms with van der Waals surface area (Å²) in [4.78, 5) is 5.04. The Kier molecular flexibility index (Phi) is 22.5. The van der Waals surface area contributed by atoms with Crippen LogP contribution in [0.5, 0.6) is 0 Å². The lowest BCUT2D eigenvalue weighted by Gasteiger charge is -2.33. The second-order valence-electron chi connectivity index (χ2n) is 17.1. The molecule has 4 nitrogen and oxygen atoms in total. The molecule has 0 amide bonds. The van der Waals surface area contributed by atoms with E-state index in [2.05, 4.69) is 161 Å². The van der Waals surface area contributed by atoms with Crippen LogP contribution in [0.2, 0.25) is 0 Å². The van der Waals surface area contributed by atoms with Crippen LogP contribution >= 0.6 is 0 Å². The van der Waals surface area contributed by atoms with Crippen molar-refractivity contribution < 1.29 is 9.15 Å². The van der Waals surface area contributed by atoms with Gasteiger partial charge < -0.3 is 9.80 Å². The predicted molar refractivity (Wildman–Crippen MR) is 251 cm³/mol. The van der Waals surface area contributed by atoms with E-state index in [-0.39, 0.29) is 0 Å².